The Hall–Kier alpha value is -4.98. The molecule has 8 rings (SSSR count). The van der Waals surface area contributed by atoms with Gasteiger partial charge in [-0.3, -0.25) is 9.80 Å². The molecule has 0 aromatic heterocycles. The minimum Gasteiger partial charge on any atom is -0.304 e. The molecule has 2 N–H and O–H groups in total. The molecule has 4 nitrogen and oxygen atoms in total. The summed E-state index contributed by atoms with van der Waals surface area (Å²) in [7, 11) is 0. The average molecular weight is 805 g/mol. The molecule has 0 saturated carbocycles. The van der Waals surface area contributed by atoms with Gasteiger partial charge in [0.25, 0.3) is 0 Å². The van der Waals surface area contributed by atoms with Gasteiger partial charge in [-0.1, -0.05) is 146 Å². The minimum absolute atomic E-state index is 0.164. The molecular formula is C54H62F2N4. The SMILES string of the molecule is CC(NCC1CCN(Cc2ccc(F)cc2)CC1)(c1ccccc1)c1ccccc1.CC(NCC1CCN(Cc2ccc(F)cc2)CC1)(c1ccccc1)c1ccccc1. The van der Waals surface area contributed by atoms with Crippen LogP contribution in [0.2, 0.25) is 0 Å². The summed E-state index contributed by atoms with van der Waals surface area (Å²) in [5.74, 6) is 1.01. The highest BCUT2D eigenvalue weighted by molar-refractivity contribution is 5.38. The van der Waals surface area contributed by atoms with E-state index < -0.39 is 0 Å². The normalized spacial score (nSPS) is 15.9. The lowest BCUT2D eigenvalue weighted by Gasteiger charge is -2.37. The molecule has 2 heterocycles. The van der Waals surface area contributed by atoms with Crippen LogP contribution in [-0.2, 0) is 24.2 Å². The van der Waals surface area contributed by atoms with Gasteiger partial charge in [-0.15, -0.1) is 0 Å². The van der Waals surface area contributed by atoms with Crippen molar-refractivity contribution in [3.8, 4) is 0 Å². The van der Waals surface area contributed by atoms with Crippen LogP contribution in [-0.4, -0.2) is 49.1 Å². The van der Waals surface area contributed by atoms with Crippen molar-refractivity contribution in [1.29, 1.82) is 0 Å². The highest BCUT2D eigenvalue weighted by Crippen LogP contribution is 2.32. The van der Waals surface area contributed by atoms with Crippen LogP contribution in [0.15, 0.2) is 170 Å². The third kappa shape index (κ3) is 11.6. The maximum absolute atomic E-state index is 13.1. The van der Waals surface area contributed by atoms with Gasteiger partial charge in [0.05, 0.1) is 11.1 Å². The Morgan fingerprint density at radius 1 is 0.417 bits per heavy atom. The number of rotatable bonds is 14. The summed E-state index contributed by atoms with van der Waals surface area (Å²) in [6, 6.07) is 56.8. The van der Waals surface area contributed by atoms with Crippen LogP contribution in [0.5, 0.6) is 0 Å². The van der Waals surface area contributed by atoms with Crippen molar-refractivity contribution < 1.29 is 8.78 Å². The number of likely N-dealkylation sites (tertiary alicyclic amines) is 2. The highest BCUT2D eigenvalue weighted by Gasteiger charge is 2.31. The van der Waals surface area contributed by atoms with Crippen LogP contribution < -0.4 is 10.6 Å². The average Bonchev–Trinajstić information content (AvgIpc) is 3.31. The summed E-state index contributed by atoms with van der Waals surface area (Å²) in [5, 5.41) is 7.82. The van der Waals surface area contributed by atoms with E-state index in [-0.39, 0.29) is 22.7 Å². The van der Waals surface area contributed by atoms with Crippen molar-refractivity contribution in [2.24, 2.45) is 11.8 Å². The lowest BCUT2D eigenvalue weighted by molar-refractivity contribution is 0.170. The van der Waals surface area contributed by atoms with Crippen molar-refractivity contribution >= 4 is 0 Å². The van der Waals surface area contributed by atoms with Gasteiger partial charge in [0.1, 0.15) is 11.6 Å². The van der Waals surface area contributed by atoms with Crippen molar-refractivity contribution in [2.45, 2.75) is 63.7 Å². The molecule has 6 aromatic rings. The van der Waals surface area contributed by atoms with E-state index in [1.807, 2.05) is 24.3 Å². The van der Waals surface area contributed by atoms with E-state index in [4.69, 9.17) is 0 Å². The largest absolute Gasteiger partial charge is 0.304 e. The van der Waals surface area contributed by atoms with E-state index in [0.717, 1.165) is 52.4 Å². The lowest BCUT2D eigenvalue weighted by Crippen LogP contribution is -2.45. The summed E-state index contributed by atoms with van der Waals surface area (Å²) in [5.41, 5.74) is 7.16. The van der Waals surface area contributed by atoms with E-state index in [1.165, 1.54) is 59.1 Å². The lowest BCUT2D eigenvalue weighted by atomic mass is 9.83. The number of piperidine rings is 2. The fraction of sp³-hybridized carbons (Fsp3) is 0.333. The summed E-state index contributed by atoms with van der Waals surface area (Å²) in [4.78, 5) is 4.97. The van der Waals surface area contributed by atoms with Crippen LogP contribution in [0, 0.1) is 23.5 Å². The number of hydrogen-bond donors (Lipinski definition) is 2. The first-order chi connectivity index (χ1) is 29.3. The molecule has 6 heteroatoms. The zero-order chi connectivity index (χ0) is 41.6. The molecule has 0 unspecified atom stereocenters. The first-order valence-corrected chi connectivity index (χ1v) is 21.9. The van der Waals surface area contributed by atoms with Crippen LogP contribution >= 0.6 is 0 Å². The number of benzene rings is 6. The molecule has 0 spiro atoms. The standard InChI is InChI=1S/2C27H31FN2/c2*1-27(24-8-4-2-5-9-24,25-10-6-3-7-11-25)29-20-22-16-18-30(19-17-22)21-23-12-14-26(28)15-13-23/h2*2-15,22,29H,16-21H2,1H3. The van der Waals surface area contributed by atoms with Gasteiger partial charge in [-0.05, 0) is 148 Å². The smallest absolute Gasteiger partial charge is 0.123 e. The van der Waals surface area contributed by atoms with E-state index in [9.17, 15) is 8.78 Å². The van der Waals surface area contributed by atoms with Crippen molar-refractivity contribution in [2.75, 3.05) is 39.3 Å². The molecule has 0 amide bonds. The number of nitrogens with zero attached hydrogens (tertiary/aromatic N) is 2. The second-order valence-corrected chi connectivity index (χ2v) is 17.2. The first-order valence-electron chi connectivity index (χ1n) is 21.9. The Kier molecular flexibility index (Phi) is 15.1. The van der Waals surface area contributed by atoms with Gasteiger partial charge in [-0.2, -0.15) is 0 Å². The topological polar surface area (TPSA) is 30.5 Å². The zero-order valence-electron chi connectivity index (χ0n) is 35.5. The van der Waals surface area contributed by atoms with Gasteiger partial charge in [0.15, 0.2) is 0 Å². The molecule has 2 saturated heterocycles. The number of hydrogen-bond acceptors (Lipinski definition) is 4. The molecule has 312 valence electrons. The maximum atomic E-state index is 13.1. The highest BCUT2D eigenvalue weighted by atomic mass is 19.1. The Bertz CT molecular complexity index is 1880. The molecule has 2 aliphatic heterocycles. The Labute approximate surface area is 357 Å². The Morgan fingerprint density at radius 3 is 0.950 bits per heavy atom. The predicted octanol–water partition coefficient (Wildman–Crippen LogP) is 11.2. The van der Waals surface area contributed by atoms with Crippen molar-refractivity contribution in [3.05, 3.63) is 215 Å². The van der Waals surface area contributed by atoms with Crippen molar-refractivity contribution in [1.82, 2.24) is 20.4 Å². The van der Waals surface area contributed by atoms with Crippen LogP contribution in [0.25, 0.3) is 0 Å². The van der Waals surface area contributed by atoms with Gasteiger partial charge in [0.2, 0.25) is 0 Å². The van der Waals surface area contributed by atoms with Gasteiger partial charge in [0, 0.05) is 13.1 Å². The summed E-state index contributed by atoms with van der Waals surface area (Å²) >= 11 is 0. The third-order valence-corrected chi connectivity index (χ3v) is 12.9. The van der Waals surface area contributed by atoms with E-state index in [2.05, 4.69) is 156 Å². The van der Waals surface area contributed by atoms with Gasteiger partial charge in [-0.25, -0.2) is 8.78 Å². The maximum Gasteiger partial charge on any atom is 0.123 e. The third-order valence-electron chi connectivity index (χ3n) is 12.9. The fourth-order valence-corrected chi connectivity index (χ4v) is 8.92. The molecular weight excluding hydrogens is 743 g/mol. The van der Waals surface area contributed by atoms with E-state index in [0.29, 0.717) is 11.8 Å². The monoisotopic (exact) mass is 804 g/mol. The summed E-state index contributed by atoms with van der Waals surface area (Å²) in [6.07, 6.45) is 4.75. The molecule has 0 bridgehead atoms. The quantitative estimate of drug-likeness (QED) is 0.115. The molecule has 2 aliphatic rings. The second-order valence-electron chi connectivity index (χ2n) is 17.2. The van der Waals surface area contributed by atoms with E-state index in [1.54, 1.807) is 24.3 Å². The zero-order valence-corrected chi connectivity index (χ0v) is 35.5. The molecule has 6 aromatic carbocycles. The number of nitrogens with one attached hydrogen (secondary N) is 2. The summed E-state index contributed by atoms with van der Waals surface area (Å²) in [6.45, 7) is 12.8. The predicted molar refractivity (Wildman–Crippen MR) is 243 cm³/mol. The second kappa shape index (κ2) is 21.0. The Balaban J connectivity index is 0.000000181. The minimum atomic E-state index is -0.201. The summed E-state index contributed by atoms with van der Waals surface area (Å²) < 4.78 is 26.2. The van der Waals surface area contributed by atoms with E-state index >= 15 is 0 Å². The fourth-order valence-electron chi connectivity index (χ4n) is 8.92. The molecule has 0 atom stereocenters. The molecule has 60 heavy (non-hydrogen) atoms. The van der Waals surface area contributed by atoms with Gasteiger partial charge < -0.3 is 10.6 Å². The first kappa shape index (κ1) is 43.1. The van der Waals surface area contributed by atoms with Gasteiger partial charge >= 0.3 is 0 Å². The van der Waals surface area contributed by atoms with Crippen LogP contribution in [0.3, 0.4) is 0 Å². The molecule has 2 fully saturated rings. The molecule has 0 radical (unpaired) electrons. The number of halogens is 2. The molecule has 0 aliphatic carbocycles. The Morgan fingerprint density at radius 2 is 0.683 bits per heavy atom. The van der Waals surface area contributed by atoms with Crippen molar-refractivity contribution in [3.63, 3.8) is 0 Å². The van der Waals surface area contributed by atoms with Crippen LogP contribution in [0.4, 0.5) is 8.78 Å². The van der Waals surface area contributed by atoms with Crippen LogP contribution in [0.1, 0.15) is 72.9 Å².